The van der Waals surface area contributed by atoms with Crippen LogP contribution < -0.4 is 0 Å². The van der Waals surface area contributed by atoms with Crippen molar-refractivity contribution in [3.63, 3.8) is 0 Å². The van der Waals surface area contributed by atoms with Gasteiger partial charge < -0.3 is 4.57 Å². The molecular weight excluding hydrogens is 246 g/mol. The van der Waals surface area contributed by atoms with E-state index in [1.807, 2.05) is 18.2 Å². The molecule has 3 rings (SSSR count). The van der Waals surface area contributed by atoms with Crippen LogP contribution >= 0.6 is 11.6 Å². The van der Waals surface area contributed by atoms with E-state index in [2.05, 4.69) is 21.7 Å². The topological polar surface area (TPSA) is 41.6 Å². The molecule has 0 saturated heterocycles. The first-order chi connectivity index (χ1) is 8.83. The predicted octanol–water partition coefficient (Wildman–Crippen LogP) is 3.49. The van der Waals surface area contributed by atoms with Crippen LogP contribution in [-0.4, -0.2) is 9.55 Å². The minimum absolute atomic E-state index is 0.520. The SMILES string of the molecule is N#Cc1c(Cl)c(-c2cccnc2)n2c1C=CCC2. The molecule has 2 aromatic rings. The number of fused-ring (bicyclic) bond motifs is 1. The minimum atomic E-state index is 0.520. The summed E-state index contributed by atoms with van der Waals surface area (Å²) in [7, 11) is 0. The lowest BCUT2D eigenvalue weighted by Gasteiger charge is -2.13. The van der Waals surface area contributed by atoms with Crippen molar-refractivity contribution >= 4 is 17.7 Å². The molecule has 0 amide bonds. The Kier molecular flexibility index (Phi) is 2.66. The van der Waals surface area contributed by atoms with Gasteiger partial charge in [-0.1, -0.05) is 17.7 Å². The summed E-state index contributed by atoms with van der Waals surface area (Å²) >= 11 is 6.35. The molecule has 0 spiro atoms. The molecule has 0 unspecified atom stereocenters. The van der Waals surface area contributed by atoms with Crippen LogP contribution in [0.2, 0.25) is 5.02 Å². The smallest absolute Gasteiger partial charge is 0.103 e. The van der Waals surface area contributed by atoms with Crippen molar-refractivity contribution in [1.82, 2.24) is 9.55 Å². The Hall–Kier alpha value is -2.05. The summed E-state index contributed by atoms with van der Waals surface area (Å²) < 4.78 is 2.10. The first-order valence-corrected chi connectivity index (χ1v) is 6.09. The Morgan fingerprint density at radius 3 is 3.06 bits per heavy atom. The molecule has 1 aliphatic rings. The summed E-state index contributed by atoms with van der Waals surface area (Å²) in [5, 5.41) is 9.76. The molecule has 2 aromatic heterocycles. The molecule has 3 nitrogen and oxygen atoms in total. The van der Waals surface area contributed by atoms with Gasteiger partial charge in [-0.05, 0) is 24.6 Å². The van der Waals surface area contributed by atoms with Crippen LogP contribution in [0, 0.1) is 11.3 Å². The summed E-state index contributed by atoms with van der Waals surface area (Å²) in [6.45, 7) is 0.845. The average molecular weight is 256 g/mol. The third kappa shape index (κ3) is 1.54. The number of rotatable bonds is 1. The highest BCUT2D eigenvalue weighted by Crippen LogP contribution is 2.37. The fourth-order valence-electron chi connectivity index (χ4n) is 2.30. The molecule has 18 heavy (non-hydrogen) atoms. The van der Waals surface area contributed by atoms with E-state index < -0.39 is 0 Å². The normalized spacial score (nSPS) is 13.1. The first kappa shape index (κ1) is 11.1. The van der Waals surface area contributed by atoms with Crippen LogP contribution in [-0.2, 0) is 6.54 Å². The quantitative estimate of drug-likeness (QED) is 0.783. The van der Waals surface area contributed by atoms with Gasteiger partial charge in [-0.15, -0.1) is 0 Å². The highest BCUT2D eigenvalue weighted by atomic mass is 35.5. The summed E-state index contributed by atoms with van der Waals surface area (Å²) in [6.07, 6.45) is 8.49. The molecular formula is C14H10ClN3. The van der Waals surface area contributed by atoms with Gasteiger partial charge in [-0.3, -0.25) is 4.98 Å². The van der Waals surface area contributed by atoms with Gasteiger partial charge in [-0.2, -0.15) is 5.26 Å². The number of nitrogens with zero attached hydrogens (tertiary/aromatic N) is 3. The van der Waals surface area contributed by atoms with Gasteiger partial charge >= 0.3 is 0 Å². The highest BCUT2D eigenvalue weighted by molar-refractivity contribution is 6.34. The maximum absolute atomic E-state index is 9.24. The van der Waals surface area contributed by atoms with Crippen LogP contribution in [0.15, 0.2) is 30.6 Å². The summed E-state index contributed by atoms with van der Waals surface area (Å²) in [4.78, 5) is 4.11. The van der Waals surface area contributed by atoms with Gasteiger partial charge in [-0.25, -0.2) is 0 Å². The second-order valence-electron chi connectivity index (χ2n) is 4.12. The average Bonchev–Trinajstić information content (AvgIpc) is 2.71. The summed E-state index contributed by atoms with van der Waals surface area (Å²) in [5.41, 5.74) is 3.28. The molecule has 0 fully saturated rings. The van der Waals surface area contributed by atoms with E-state index >= 15 is 0 Å². The zero-order chi connectivity index (χ0) is 12.5. The molecule has 0 radical (unpaired) electrons. The van der Waals surface area contributed by atoms with Gasteiger partial charge in [0.05, 0.1) is 22.0 Å². The van der Waals surface area contributed by atoms with E-state index in [1.54, 1.807) is 12.4 Å². The number of allylic oxidation sites excluding steroid dienone is 1. The van der Waals surface area contributed by atoms with Crippen LogP contribution in [0.25, 0.3) is 17.3 Å². The van der Waals surface area contributed by atoms with Crippen molar-refractivity contribution in [3.05, 3.63) is 46.9 Å². The zero-order valence-corrected chi connectivity index (χ0v) is 10.4. The van der Waals surface area contributed by atoms with E-state index in [9.17, 15) is 5.26 Å². The number of hydrogen-bond donors (Lipinski definition) is 0. The molecule has 3 heterocycles. The lowest BCUT2D eigenvalue weighted by molar-refractivity contribution is 0.703. The van der Waals surface area contributed by atoms with Gasteiger partial charge in [0, 0.05) is 24.5 Å². The third-order valence-electron chi connectivity index (χ3n) is 3.09. The zero-order valence-electron chi connectivity index (χ0n) is 9.60. The van der Waals surface area contributed by atoms with Crippen molar-refractivity contribution in [2.45, 2.75) is 13.0 Å². The van der Waals surface area contributed by atoms with Crippen LogP contribution in [0.4, 0.5) is 0 Å². The minimum Gasteiger partial charge on any atom is -0.338 e. The molecule has 88 valence electrons. The van der Waals surface area contributed by atoms with Crippen molar-refractivity contribution < 1.29 is 0 Å². The van der Waals surface area contributed by atoms with E-state index in [-0.39, 0.29) is 0 Å². The molecule has 0 bridgehead atoms. The Morgan fingerprint density at radius 1 is 1.44 bits per heavy atom. The van der Waals surface area contributed by atoms with Crippen LogP contribution in [0.1, 0.15) is 17.7 Å². The molecule has 0 aliphatic carbocycles. The van der Waals surface area contributed by atoms with Crippen molar-refractivity contribution in [1.29, 1.82) is 5.26 Å². The van der Waals surface area contributed by atoms with E-state index in [4.69, 9.17) is 11.6 Å². The molecule has 1 aliphatic heterocycles. The molecule has 0 N–H and O–H groups in total. The largest absolute Gasteiger partial charge is 0.338 e. The van der Waals surface area contributed by atoms with Crippen molar-refractivity contribution in [2.24, 2.45) is 0 Å². The molecule has 0 aromatic carbocycles. The van der Waals surface area contributed by atoms with Gasteiger partial charge in [0.15, 0.2) is 0 Å². The maximum Gasteiger partial charge on any atom is 0.103 e. The standard InChI is InChI=1S/C14H10ClN3/c15-13-11(8-16)12-5-1-2-7-18(12)14(13)10-4-3-6-17-9-10/h1,3-6,9H,2,7H2. The lowest BCUT2D eigenvalue weighted by atomic mass is 10.2. The fraction of sp³-hybridized carbons (Fsp3) is 0.143. The highest BCUT2D eigenvalue weighted by Gasteiger charge is 2.22. The van der Waals surface area contributed by atoms with Gasteiger partial charge in [0.2, 0.25) is 0 Å². The molecule has 4 heteroatoms. The predicted molar refractivity (Wildman–Crippen MR) is 71.0 cm³/mol. The Morgan fingerprint density at radius 2 is 2.33 bits per heavy atom. The van der Waals surface area contributed by atoms with Crippen LogP contribution in [0.3, 0.4) is 0 Å². The lowest BCUT2D eigenvalue weighted by Crippen LogP contribution is -2.05. The molecule has 0 atom stereocenters. The second-order valence-corrected chi connectivity index (χ2v) is 4.50. The van der Waals surface area contributed by atoms with E-state index in [0.717, 1.165) is 29.9 Å². The first-order valence-electron chi connectivity index (χ1n) is 5.72. The second kappa shape index (κ2) is 4.32. The number of hydrogen-bond acceptors (Lipinski definition) is 2. The Labute approximate surface area is 110 Å². The third-order valence-corrected chi connectivity index (χ3v) is 3.45. The summed E-state index contributed by atoms with van der Waals surface area (Å²) in [5.74, 6) is 0. The Balaban J connectivity index is 2.32. The fourth-order valence-corrected chi connectivity index (χ4v) is 2.65. The number of aromatic nitrogens is 2. The molecule has 0 saturated carbocycles. The number of pyridine rings is 1. The number of nitriles is 1. The van der Waals surface area contributed by atoms with Gasteiger partial charge in [0.1, 0.15) is 6.07 Å². The number of halogens is 1. The summed E-state index contributed by atoms with van der Waals surface area (Å²) in [6, 6.07) is 6.02. The Bertz CT molecular complexity index is 663. The van der Waals surface area contributed by atoms with Crippen LogP contribution in [0.5, 0.6) is 0 Å². The monoisotopic (exact) mass is 255 g/mol. The maximum atomic E-state index is 9.24. The van der Waals surface area contributed by atoms with E-state index in [0.29, 0.717) is 10.6 Å². The van der Waals surface area contributed by atoms with Crippen molar-refractivity contribution in [3.8, 4) is 17.3 Å². The van der Waals surface area contributed by atoms with E-state index in [1.165, 1.54) is 0 Å². The van der Waals surface area contributed by atoms with Crippen molar-refractivity contribution in [2.75, 3.05) is 0 Å². The van der Waals surface area contributed by atoms with Gasteiger partial charge in [0.25, 0.3) is 0 Å².